The summed E-state index contributed by atoms with van der Waals surface area (Å²) >= 11 is 0. The van der Waals surface area contributed by atoms with Gasteiger partial charge < -0.3 is 14.2 Å². The summed E-state index contributed by atoms with van der Waals surface area (Å²) in [6.07, 6.45) is 0.509. The molecule has 1 aromatic carbocycles. The van der Waals surface area contributed by atoms with E-state index in [-0.39, 0.29) is 25.5 Å². The Labute approximate surface area is 213 Å². The highest BCUT2D eigenvalue weighted by atomic mass is 19.3. The summed E-state index contributed by atoms with van der Waals surface area (Å²) in [6, 6.07) is 12.5. The van der Waals surface area contributed by atoms with Crippen LogP contribution in [0.1, 0.15) is 37.8 Å². The Hall–Kier alpha value is -3.31. The molecule has 0 atom stereocenters. The quantitative estimate of drug-likeness (QED) is 0.448. The fourth-order valence-electron chi connectivity index (χ4n) is 4.97. The van der Waals surface area contributed by atoms with Gasteiger partial charge in [0.25, 0.3) is 11.8 Å². The first kappa shape index (κ1) is 25.3. The van der Waals surface area contributed by atoms with Crippen molar-refractivity contribution in [3.63, 3.8) is 0 Å². The molecular weight excluding hydrogens is 485 g/mol. The van der Waals surface area contributed by atoms with Crippen LogP contribution in [-0.2, 0) is 11.3 Å². The number of rotatable bonds is 8. The molecule has 3 aromatic rings. The van der Waals surface area contributed by atoms with Crippen LogP contribution in [0.25, 0.3) is 11.5 Å². The SMILES string of the molecule is CCN1CCC(N2CC(F)(C(=O)N(Cc3ccc(-c4nnc(C(F)F)o4)cn3)c3ccccc3)C2)CC1. The molecule has 37 heavy (non-hydrogen) atoms. The summed E-state index contributed by atoms with van der Waals surface area (Å²) in [6.45, 7) is 5.38. The zero-order valence-electron chi connectivity index (χ0n) is 20.6. The molecule has 1 amide bonds. The van der Waals surface area contributed by atoms with Gasteiger partial charge in [-0.1, -0.05) is 25.1 Å². The lowest BCUT2D eigenvalue weighted by molar-refractivity contribution is -0.146. The van der Waals surface area contributed by atoms with Crippen LogP contribution in [-0.4, -0.2) is 75.3 Å². The standard InChI is InChI=1S/C26H29F3N6O2/c1-2-33-12-10-20(11-13-33)34-16-26(29,17-34)25(36)35(21-6-4-3-5-7-21)15-19-9-8-18(14-30-19)23-31-32-24(37-23)22(27)28/h3-9,14,20,22H,2,10-13,15-17H2,1H3. The highest BCUT2D eigenvalue weighted by molar-refractivity contribution is 6.00. The van der Waals surface area contributed by atoms with Crippen LogP contribution in [0.4, 0.5) is 18.9 Å². The van der Waals surface area contributed by atoms with Crippen molar-refractivity contribution in [2.45, 2.75) is 44.4 Å². The Morgan fingerprint density at radius 2 is 1.86 bits per heavy atom. The molecule has 0 N–H and O–H groups in total. The summed E-state index contributed by atoms with van der Waals surface area (Å²) < 4.78 is 46.3. The van der Waals surface area contributed by atoms with Crippen molar-refractivity contribution < 1.29 is 22.4 Å². The number of hydrogen-bond donors (Lipinski definition) is 0. The van der Waals surface area contributed by atoms with Gasteiger partial charge in [0.2, 0.25) is 11.6 Å². The van der Waals surface area contributed by atoms with E-state index in [9.17, 15) is 13.6 Å². The van der Waals surface area contributed by atoms with E-state index in [2.05, 4.69) is 31.9 Å². The van der Waals surface area contributed by atoms with E-state index >= 15 is 4.39 Å². The maximum Gasteiger partial charge on any atom is 0.314 e. The number of nitrogens with zero attached hydrogens (tertiary/aromatic N) is 6. The van der Waals surface area contributed by atoms with Crippen LogP contribution < -0.4 is 4.90 Å². The van der Waals surface area contributed by atoms with Crippen molar-refractivity contribution in [2.24, 2.45) is 0 Å². The third-order valence-electron chi connectivity index (χ3n) is 7.14. The molecule has 0 spiro atoms. The minimum absolute atomic E-state index is 0.0514. The second kappa shape index (κ2) is 10.6. The molecule has 2 aliphatic heterocycles. The molecule has 2 aromatic heterocycles. The first-order valence-electron chi connectivity index (χ1n) is 12.5. The van der Waals surface area contributed by atoms with Crippen LogP contribution in [0, 0.1) is 0 Å². The largest absolute Gasteiger partial charge is 0.415 e. The second-order valence-corrected chi connectivity index (χ2v) is 9.55. The van der Waals surface area contributed by atoms with Gasteiger partial charge in [-0.05, 0) is 56.7 Å². The number of halogens is 3. The number of benzene rings is 1. The van der Waals surface area contributed by atoms with Gasteiger partial charge in [-0.3, -0.25) is 14.7 Å². The molecule has 2 saturated heterocycles. The first-order valence-corrected chi connectivity index (χ1v) is 12.5. The van der Waals surface area contributed by atoms with Crippen LogP contribution in [0.5, 0.6) is 0 Å². The van der Waals surface area contributed by atoms with Crippen molar-refractivity contribution in [1.82, 2.24) is 25.0 Å². The van der Waals surface area contributed by atoms with Gasteiger partial charge in [0, 0.05) is 31.0 Å². The number of hydrogen-bond acceptors (Lipinski definition) is 7. The van der Waals surface area contributed by atoms with E-state index in [1.165, 1.54) is 11.1 Å². The number of carbonyl (C=O) groups is 1. The minimum atomic E-state index is -2.86. The molecule has 11 heteroatoms. The maximum atomic E-state index is 15.9. The predicted molar refractivity (Wildman–Crippen MR) is 131 cm³/mol. The zero-order chi connectivity index (χ0) is 26.0. The molecule has 4 heterocycles. The lowest BCUT2D eigenvalue weighted by Crippen LogP contribution is -2.69. The Morgan fingerprint density at radius 3 is 2.46 bits per heavy atom. The van der Waals surface area contributed by atoms with E-state index in [0.717, 1.165) is 32.5 Å². The third kappa shape index (κ3) is 5.37. The van der Waals surface area contributed by atoms with Gasteiger partial charge in [0.1, 0.15) is 0 Å². The van der Waals surface area contributed by atoms with Crippen LogP contribution in [0.3, 0.4) is 0 Å². The van der Waals surface area contributed by atoms with Crippen LogP contribution in [0.2, 0.25) is 0 Å². The molecule has 5 rings (SSSR count). The fraction of sp³-hybridized carbons (Fsp3) is 0.462. The number of piperidine rings is 1. The van der Waals surface area contributed by atoms with Gasteiger partial charge in [0.05, 0.1) is 17.8 Å². The highest BCUT2D eigenvalue weighted by Gasteiger charge is 2.54. The third-order valence-corrected chi connectivity index (χ3v) is 7.14. The predicted octanol–water partition coefficient (Wildman–Crippen LogP) is 4.11. The lowest BCUT2D eigenvalue weighted by Gasteiger charge is -2.50. The highest BCUT2D eigenvalue weighted by Crippen LogP contribution is 2.34. The van der Waals surface area contributed by atoms with E-state index in [1.54, 1.807) is 36.4 Å². The average molecular weight is 515 g/mol. The number of alkyl halides is 3. The Bertz CT molecular complexity index is 1190. The number of aromatic nitrogens is 3. The Morgan fingerprint density at radius 1 is 1.14 bits per heavy atom. The van der Waals surface area contributed by atoms with Crippen LogP contribution >= 0.6 is 0 Å². The molecule has 0 aliphatic carbocycles. The fourth-order valence-corrected chi connectivity index (χ4v) is 4.97. The lowest BCUT2D eigenvalue weighted by atomic mass is 9.89. The van der Waals surface area contributed by atoms with E-state index < -0.39 is 23.9 Å². The van der Waals surface area contributed by atoms with Gasteiger partial charge in [-0.2, -0.15) is 8.78 Å². The van der Waals surface area contributed by atoms with Crippen molar-refractivity contribution in [3.05, 3.63) is 60.2 Å². The summed E-state index contributed by atoms with van der Waals surface area (Å²) in [4.78, 5) is 23.7. The summed E-state index contributed by atoms with van der Waals surface area (Å²) in [5, 5.41) is 6.94. The van der Waals surface area contributed by atoms with E-state index in [4.69, 9.17) is 4.42 Å². The first-order chi connectivity index (χ1) is 17.9. The molecule has 8 nitrogen and oxygen atoms in total. The van der Waals surface area contributed by atoms with Gasteiger partial charge in [-0.25, -0.2) is 4.39 Å². The van der Waals surface area contributed by atoms with Gasteiger partial charge >= 0.3 is 6.43 Å². The maximum absolute atomic E-state index is 15.9. The molecule has 196 valence electrons. The second-order valence-electron chi connectivity index (χ2n) is 9.55. The van der Waals surface area contributed by atoms with Crippen molar-refractivity contribution in [2.75, 3.05) is 37.6 Å². The molecule has 2 fully saturated rings. The van der Waals surface area contributed by atoms with Crippen LogP contribution in [0.15, 0.2) is 53.1 Å². The molecule has 0 radical (unpaired) electrons. The van der Waals surface area contributed by atoms with Gasteiger partial charge in [0.15, 0.2) is 0 Å². The number of carbonyl (C=O) groups excluding carboxylic acids is 1. The summed E-state index contributed by atoms with van der Waals surface area (Å²) in [5.41, 5.74) is -0.524. The van der Waals surface area contributed by atoms with E-state index in [0.29, 0.717) is 23.0 Å². The summed E-state index contributed by atoms with van der Waals surface area (Å²) in [5.74, 6) is -1.43. The Kier molecular flexibility index (Phi) is 7.25. The average Bonchev–Trinajstić information content (AvgIpc) is 3.41. The van der Waals surface area contributed by atoms with Gasteiger partial charge in [-0.15, -0.1) is 10.2 Å². The molecule has 0 unspecified atom stereocenters. The molecule has 2 aliphatic rings. The number of amides is 1. The number of para-hydroxylation sites is 1. The normalized spacial score (nSPS) is 18.6. The number of anilines is 1. The topological polar surface area (TPSA) is 78.6 Å². The molecule has 0 saturated carbocycles. The minimum Gasteiger partial charge on any atom is -0.415 e. The van der Waals surface area contributed by atoms with Crippen molar-refractivity contribution in [3.8, 4) is 11.5 Å². The number of likely N-dealkylation sites (tertiary alicyclic amines) is 2. The Balaban J connectivity index is 1.29. The van der Waals surface area contributed by atoms with Crippen molar-refractivity contribution >= 4 is 11.6 Å². The molecule has 0 bridgehead atoms. The smallest absolute Gasteiger partial charge is 0.314 e. The monoisotopic (exact) mass is 514 g/mol. The zero-order valence-corrected chi connectivity index (χ0v) is 20.6. The van der Waals surface area contributed by atoms with E-state index in [1.807, 2.05) is 6.07 Å². The number of pyridine rings is 1. The molecular formula is C26H29F3N6O2. The van der Waals surface area contributed by atoms with Crippen molar-refractivity contribution in [1.29, 1.82) is 0 Å². The summed E-state index contributed by atoms with van der Waals surface area (Å²) in [7, 11) is 0.